The Balaban J connectivity index is 1.46. The van der Waals surface area contributed by atoms with Crippen molar-refractivity contribution in [3.05, 3.63) is 72.1 Å². The summed E-state index contributed by atoms with van der Waals surface area (Å²) in [5.41, 5.74) is 3.14. The van der Waals surface area contributed by atoms with Gasteiger partial charge in [-0.2, -0.15) is 0 Å². The molecule has 2 aromatic carbocycles. The molecule has 2 N–H and O–H groups in total. The zero-order valence-electron chi connectivity index (χ0n) is 18.1. The lowest BCUT2D eigenvalue weighted by atomic mass is 10.1. The number of benzene rings is 2. The molecule has 174 valence electrons. The first-order valence-electron chi connectivity index (χ1n) is 10.8. The number of aliphatic hydroxyl groups is 1. The zero-order chi connectivity index (χ0) is 23.7. The minimum absolute atomic E-state index is 0.0543. The van der Waals surface area contributed by atoms with Crippen LogP contribution in [0.15, 0.2) is 71.9 Å². The van der Waals surface area contributed by atoms with Crippen molar-refractivity contribution in [3.8, 4) is 11.1 Å². The average molecular weight is 496 g/mol. The molecule has 8 nitrogen and oxygen atoms in total. The van der Waals surface area contributed by atoms with Crippen molar-refractivity contribution in [3.63, 3.8) is 0 Å². The molecular weight excluding hydrogens is 474 g/mol. The van der Waals surface area contributed by atoms with Gasteiger partial charge in [0.1, 0.15) is 5.82 Å². The number of hydrogen-bond donors (Lipinski definition) is 2. The zero-order valence-corrected chi connectivity index (χ0v) is 19.7. The molecular formula is C24H22ClN5O3S. The number of nitrogens with one attached hydrogen (secondary N) is 1. The fourth-order valence-corrected chi connectivity index (χ4v) is 5.29. The van der Waals surface area contributed by atoms with Crippen LogP contribution in [0, 0.1) is 5.92 Å². The molecule has 1 fully saturated rings. The minimum Gasteiger partial charge on any atom is -0.396 e. The van der Waals surface area contributed by atoms with E-state index in [0.717, 1.165) is 36.4 Å². The maximum Gasteiger partial charge on any atom is 0.261 e. The number of halogens is 1. The van der Waals surface area contributed by atoms with Gasteiger partial charge in [0.25, 0.3) is 10.0 Å². The highest BCUT2D eigenvalue weighted by Crippen LogP contribution is 2.30. The van der Waals surface area contributed by atoms with Gasteiger partial charge >= 0.3 is 0 Å². The molecule has 0 radical (unpaired) electrons. The summed E-state index contributed by atoms with van der Waals surface area (Å²) in [4.78, 5) is 15.7. The maximum absolute atomic E-state index is 12.7. The van der Waals surface area contributed by atoms with Crippen LogP contribution in [0.25, 0.3) is 22.2 Å². The molecule has 5 rings (SSSR count). The Labute approximate surface area is 202 Å². The minimum atomic E-state index is -3.81. The summed E-state index contributed by atoms with van der Waals surface area (Å²) in [5, 5.41) is 9.48. The lowest BCUT2D eigenvalue weighted by Gasteiger charge is -2.17. The van der Waals surface area contributed by atoms with Crippen LogP contribution in [0.4, 0.5) is 11.5 Å². The number of anilines is 2. The van der Waals surface area contributed by atoms with Crippen molar-refractivity contribution in [1.82, 2.24) is 15.0 Å². The summed E-state index contributed by atoms with van der Waals surface area (Å²) >= 11 is 6.21. The summed E-state index contributed by atoms with van der Waals surface area (Å²) in [6, 6.07) is 15.4. The quantitative estimate of drug-likeness (QED) is 0.390. The maximum atomic E-state index is 12.7. The molecule has 0 spiro atoms. The monoisotopic (exact) mass is 495 g/mol. The van der Waals surface area contributed by atoms with Crippen LogP contribution < -0.4 is 9.62 Å². The fourth-order valence-electron chi connectivity index (χ4n) is 4.00. The first-order valence-corrected chi connectivity index (χ1v) is 12.7. The van der Waals surface area contributed by atoms with Gasteiger partial charge < -0.3 is 10.0 Å². The Morgan fingerprint density at radius 1 is 1.03 bits per heavy atom. The SMILES string of the molecule is O=S(=O)(Nc1cc(-c2ccc3ncc(N4CCC(CO)C4)nc3c2)cnc1Cl)c1ccccc1. The van der Waals surface area contributed by atoms with E-state index in [0.29, 0.717) is 11.1 Å². The number of aliphatic hydroxyl groups excluding tert-OH is 1. The van der Waals surface area contributed by atoms with Gasteiger partial charge in [-0.25, -0.2) is 18.4 Å². The van der Waals surface area contributed by atoms with E-state index in [1.807, 2.05) is 18.2 Å². The second kappa shape index (κ2) is 9.17. The van der Waals surface area contributed by atoms with Gasteiger partial charge in [0.05, 0.1) is 27.8 Å². The van der Waals surface area contributed by atoms with E-state index < -0.39 is 10.0 Å². The predicted octanol–water partition coefficient (Wildman–Crippen LogP) is 3.96. The molecule has 4 aromatic rings. The van der Waals surface area contributed by atoms with Crippen LogP contribution in [-0.4, -0.2) is 48.2 Å². The van der Waals surface area contributed by atoms with Crippen LogP contribution in [0.3, 0.4) is 0 Å². The predicted molar refractivity (Wildman–Crippen MR) is 132 cm³/mol. The van der Waals surface area contributed by atoms with Gasteiger partial charge in [-0.05, 0) is 42.3 Å². The Morgan fingerprint density at radius 3 is 2.62 bits per heavy atom. The third-order valence-electron chi connectivity index (χ3n) is 5.87. The lowest BCUT2D eigenvalue weighted by Crippen LogP contribution is -2.21. The van der Waals surface area contributed by atoms with Crippen LogP contribution in [0.2, 0.25) is 5.15 Å². The number of sulfonamides is 1. The number of aromatic nitrogens is 3. The summed E-state index contributed by atoms with van der Waals surface area (Å²) in [5.74, 6) is 1.02. The van der Waals surface area contributed by atoms with E-state index in [1.54, 1.807) is 36.7 Å². The van der Waals surface area contributed by atoms with Gasteiger partial charge in [0.15, 0.2) is 5.15 Å². The molecule has 0 saturated carbocycles. The topological polar surface area (TPSA) is 108 Å². The molecule has 1 aliphatic heterocycles. The molecule has 1 atom stereocenters. The number of nitrogens with zero attached hydrogens (tertiary/aromatic N) is 4. The van der Waals surface area contributed by atoms with E-state index in [4.69, 9.17) is 16.6 Å². The lowest BCUT2D eigenvalue weighted by molar-refractivity contribution is 0.238. The highest BCUT2D eigenvalue weighted by atomic mass is 35.5. The molecule has 0 bridgehead atoms. The number of pyridine rings is 1. The third-order valence-corrected chi connectivity index (χ3v) is 7.55. The van der Waals surface area contributed by atoms with E-state index >= 15 is 0 Å². The molecule has 0 aliphatic carbocycles. The van der Waals surface area contributed by atoms with Crippen molar-refractivity contribution in [2.45, 2.75) is 11.3 Å². The second-order valence-corrected chi connectivity index (χ2v) is 10.2. The molecule has 34 heavy (non-hydrogen) atoms. The fraction of sp³-hybridized carbons (Fsp3) is 0.208. The highest BCUT2D eigenvalue weighted by molar-refractivity contribution is 7.92. The number of fused-ring (bicyclic) bond motifs is 1. The van der Waals surface area contributed by atoms with Crippen molar-refractivity contribution in [2.24, 2.45) is 5.92 Å². The highest BCUT2D eigenvalue weighted by Gasteiger charge is 2.23. The Kier molecular flexibility index (Phi) is 6.07. The van der Waals surface area contributed by atoms with Crippen molar-refractivity contribution >= 4 is 44.2 Å². The average Bonchev–Trinajstić information content (AvgIpc) is 3.35. The Bertz CT molecular complexity index is 1450. The summed E-state index contributed by atoms with van der Waals surface area (Å²) in [6.07, 6.45) is 4.27. The van der Waals surface area contributed by atoms with Gasteiger partial charge in [0, 0.05) is 37.4 Å². The van der Waals surface area contributed by atoms with Crippen LogP contribution in [-0.2, 0) is 10.0 Å². The van der Waals surface area contributed by atoms with Crippen LogP contribution >= 0.6 is 11.6 Å². The van der Waals surface area contributed by atoms with Gasteiger partial charge in [-0.3, -0.25) is 9.71 Å². The summed E-state index contributed by atoms with van der Waals surface area (Å²) < 4.78 is 28.0. The van der Waals surface area contributed by atoms with E-state index in [2.05, 4.69) is 19.6 Å². The first-order chi connectivity index (χ1) is 16.4. The van der Waals surface area contributed by atoms with Gasteiger partial charge in [-0.1, -0.05) is 35.9 Å². The van der Waals surface area contributed by atoms with E-state index in [9.17, 15) is 13.5 Å². The van der Waals surface area contributed by atoms with Gasteiger partial charge in [-0.15, -0.1) is 0 Å². The first kappa shape index (κ1) is 22.5. The normalized spacial score (nSPS) is 16.2. The third kappa shape index (κ3) is 4.54. The molecule has 2 aromatic heterocycles. The number of hydrogen-bond acceptors (Lipinski definition) is 7. The van der Waals surface area contributed by atoms with Crippen molar-refractivity contribution in [1.29, 1.82) is 0 Å². The molecule has 1 saturated heterocycles. The molecule has 0 amide bonds. The van der Waals surface area contributed by atoms with Crippen molar-refractivity contribution in [2.75, 3.05) is 29.3 Å². The summed E-state index contributed by atoms with van der Waals surface area (Å²) in [7, 11) is -3.81. The molecule has 10 heteroatoms. The molecule has 1 aliphatic rings. The number of rotatable bonds is 6. The Morgan fingerprint density at radius 2 is 1.85 bits per heavy atom. The van der Waals surface area contributed by atoms with E-state index in [-0.39, 0.29) is 28.3 Å². The Hall–Kier alpha value is -3.27. The smallest absolute Gasteiger partial charge is 0.261 e. The second-order valence-electron chi connectivity index (χ2n) is 8.20. The van der Waals surface area contributed by atoms with Crippen LogP contribution in [0.5, 0.6) is 0 Å². The molecule has 3 heterocycles. The largest absolute Gasteiger partial charge is 0.396 e. The van der Waals surface area contributed by atoms with Gasteiger partial charge in [0.2, 0.25) is 0 Å². The molecule has 1 unspecified atom stereocenters. The standard InChI is InChI=1S/C24H22ClN5O3S/c25-24-22(29-34(32,33)19-4-2-1-3-5-19)11-18(12-27-24)17-6-7-20-21(10-17)28-23(13-26-20)30-9-8-16(14-30)15-31/h1-7,10-13,16,29,31H,8-9,14-15H2. The van der Waals surface area contributed by atoms with E-state index in [1.165, 1.54) is 12.1 Å². The van der Waals surface area contributed by atoms with Crippen molar-refractivity contribution < 1.29 is 13.5 Å². The summed E-state index contributed by atoms with van der Waals surface area (Å²) in [6.45, 7) is 1.75. The van der Waals surface area contributed by atoms with Crippen LogP contribution in [0.1, 0.15) is 6.42 Å².